The van der Waals surface area contributed by atoms with Crippen molar-refractivity contribution in [1.29, 1.82) is 0 Å². The van der Waals surface area contributed by atoms with Gasteiger partial charge < -0.3 is 10.7 Å². The van der Waals surface area contributed by atoms with Crippen molar-refractivity contribution < 1.29 is 4.79 Å². The smallest absolute Gasteiger partial charge is 0.150 e. The summed E-state index contributed by atoms with van der Waals surface area (Å²) in [6, 6.07) is 7.32. The molecule has 3 aromatic rings. The average molecular weight is 211 g/mol. The minimum atomic E-state index is 0.477. The lowest BCUT2D eigenvalue weighted by Crippen LogP contribution is -1.87. The Balaban J connectivity index is 2.49. The van der Waals surface area contributed by atoms with Gasteiger partial charge in [-0.05, 0) is 24.3 Å². The Morgan fingerprint density at radius 3 is 2.81 bits per heavy atom. The van der Waals surface area contributed by atoms with Crippen LogP contribution >= 0.6 is 0 Å². The molecule has 0 spiro atoms. The third kappa shape index (κ3) is 1.16. The number of hydrogen-bond acceptors (Lipinski definition) is 3. The molecule has 2 heterocycles. The van der Waals surface area contributed by atoms with Gasteiger partial charge in [0.25, 0.3) is 0 Å². The van der Waals surface area contributed by atoms with Gasteiger partial charge in [0, 0.05) is 21.9 Å². The number of carbonyl (C=O) groups excluding carboxylic acids is 1. The Morgan fingerprint density at radius 1 is 1.19 bits per heavy atom. The number of aromatic nitrogens is 2. The van der Waals surface area contributed by atoms with Crippen molar-refractivity contribution in [2.24, 2.45) is 0 Å². The van der Waals surface area contributed by atoms with Gasteiger partial charge in [0.2, 0.25) is 0 Å². The van der Waals surface area contributed by atoms with E-state index in [1.807, 2.05) is 18.2 Å². The number of carbonyl (C=O) groups is 1. The molecule has 0 aliphatic carbocycles. The van der Waals surface area contributed by atoms with Crippen LogP contribution in [0.3, 0.4) is 0 Å². The normalized spacial score (nSPS) is 11.0. The van der Waals surface area contributed by atoms with E-state index in [-0.39, 0.29) is 0 Å². The van der Waals surface area contributed by atoms with Crippen LogP contribution in [0.2, 0.25) is 0 Å². The number of anilines is 1. The molecule has 0 saturated heterocycles. The van der Waals surface area contributed by atoms with Gasteiger partial charge in [-0.2, -0.15) is 0 Å². The Labute approximate surface area is 91.1 Å². The van der Waals surface area contributed by atoms with Crippen molar-refractivity contribution in [3.05, 3.63) is 36.0 Å². The molecule has 0 radical (unpaired) electrons. The number of pyridine rings is 1. The summed E-state index contributed by atoms with van der Waals surface area (Å²) < 4.78 is 0. The molecule has 0 bridgehead atoms. The van der Waals surface area contributed by atoms with E-state index in [0.717, 1.165) is 28.1 Å². The largest absolute Gasteiger partial charge is 0.384 e. The maximum absolute atomic E-state index is 10.7. The van der Waals surface area contributed by atoms with Crippen LogP contribution in [0.15, 0.2) is 30.5 Å². The molecular formula is C12H9N3O. The quantitative estimate of drug-likeness (QED) is 0.605. The number of hydrogen-bond donors (Lipinski definition) is 2. The molecule has 3 N–H and O–H groups in total. The van der Waals surface area contributed by atoms with Crippen LogP contribution in [0, 0.1) is 0 Å². The Kier molecular flexibility index (Phi) is 1.71. The zero-order valence-electron chi connectivity index (χ0n) is 8.40. The van der Waals surface area contributed by atoms with E-state index < -0.39 is 0 Å². The van der Waals surface area contributed by atoms with Crippen molar-refractivity contribution in [2.45, 2.75) is 0 Å². The van der Waals surface area contributed by atoms with Gasteiger partial charge in [-0.25, -0.2) is 4.98 Å². The maximum atomic E-state index is 10.7. The number of H-pyrrole nitrogens is 1. The number of rotatable bonds is 1. The van der Waals surface area contributed by atoms with E-state index in [9.17, 15) is 4.79 Å². The predicted octanol–water partition coefficient (Wildman–Crippen LogP) is 2.11. The van der Waals surface area contributed by atoms with E-state index in [0.29, 0.717) is 11.4 Å². The highest BCUT2D eigenvalue weighted by molar-refractivity contribution is 6.08. The van der Waals surface area contributed by atoms with Crippen molar-refractivity contribution in [3.8, 4) is 0 Å². The van der Waals surface area contributed by atoms with E-state index in [1.165, 1.54) is 0 Å². The van der Waals surface area contributed by atoms with Crippen LogP contribution < -0.4 is 5.73 Å². The van der Waals surface area contributed by atoms with Gasteiger partial charge in [0.05, 0.1) is 11.7 Å². The second-order valence-electron chi connectivity index (χ2n) is 3.70. The highest BCUT2D eigenvalue weighted by Crippen LogP contribution is 2.26. The molecule has 0 unspecified atom stereocenters. The Bertz CT molecular complexity index is 700. The third-order valence-electron chi connectivity index (χ3n) is 2.66. The highest BCUT2D eigenvalue weighted by atomic mass is 16.1. The summed E-state index contributed by atoms with van der Waals surface area (Å²) in [5.74, 6) is 0.477. The third-order valence-corrected chi connectivity index (χ3v) is 2.66. The molecule has 0 aliphatic heterocycles. The van der Waals surface area contributed by atoms with Crippen LogP contribution in [-0.2, 0) is 0 Å². The molecule has 16 heavy (non-hydrogen) atoms. The molecule has 1 aromatic carbocycles. The molecular weight excluding hydrogens is 202 g/mol. The van der Waals surface area contributed by atoms with Gasteiger partial charge in [-0.1, -0.05) is 0 Å². The summed E-state index contributed by atoms with van der Waals surface area (Å²) in [7, 11) is 0. The van der Waals surface area contributed by atoms with Crippen LogP contribution in [0.1, 0.15) is 10.4 Å². The fourth-order valence-electron chi connectivity index (χ4n) is 1.91. The zero-order valence-corrected chi connectivity index (χ0v) is 8.40. The molecule has 4 nitrogen and oxygen atoms in total. The Hall–Kier alpha value is -2.36. The second kappa shape index (κ2) is 3.06. The fraction of sp³-hybridized carbons (Fsp3) is 0. The van der Waals surface area contributed by atoms with Gasteiger partial charge in [0.15, 0.2) is 0 Å². The van der Waals surface area contributed by atoms with Crippen molar-refractivity contribution in [2.75, 3.05) is 5.73 Å². The summed E-state index contributed by atoms with van der Waals surface area (Å²) in [5, 5.41) is 1.99. The van der Waals surface area contributed by atoms with E-state index in [1.54, 1.807) is 12.3 Å². The lowest BCUT2D eigenvalue weighted by molar-refractivity contribution is 0.112. The number of benzene rings is 1. The summed E-state index contributed by atoms with van der Waals surface area (Å²) in [5.41, 5.74) is 8.21. The number of nitrogens with one attached hydrogen (secondary N) is 1. The van der Waals surface area contributed by atoms with Crippen LogP contribution in [0.4, 0.5) is 5.82 Å². The molecule has 3 rings (SSSR count). The first-order valence-corrected chi connectivity index (χ1v) is 4.90. The second-order valence-corrected chi connectivity index (χ2v) is 3.70. The summed E-state index contributed by atoms with van der Waals surface area (Å²) in [6.07, 6.45) is 2.54. The minimum absolute atomic E-state index is 0.477. The number of nitrogens with two attached hydrogens (primary N) is 1. The number of aromatic amines is 1. The molecule has 0 amide bonds. The predicted molar refractivity (Wildman–Crippen MR) is 63.4 cm³/mol. The molecule has 4 heteroatoms. The first kappa shape index (κ1) is 8.91. The van der Waals surface area contributed by atoms with Crippen LogP contribution in [-0.4, -0.2) is 16.3 Å². The van der Waals surface area contributed by atoms with Crippen molar-refractivity contribution in [3.63, 3.8) is 0 Å². The summed E-state index contributed by atoms with van der Waals surface area (Å²) >= 11 is 0. The van der Waals surface area contributed by atoms with Crippen LogP contribution in [0.25, 0.3) is 21.8 Å². The molecule has 78 valence electrons. The number of fused-ring (bicyclic) bond motifs is 3. The lowest BCUT2D eigenvalue weighted by atomic mass is 10.1. The molecule has 2 aromatic heterocycles. The summed E-state index contributed by atoms with van der Waals surface area (Å²) in [6.45, 7) is 0. The highest BCUT2D eigenvalue weighted by Gasteiger charge is 2.05. The first-order valence-electron chi connectivity index (χ1n) is 4.90. The monoisotopic (exact) mass is 211 g/mol. The molecule has 0 atom stereocenters. The number of nitrogen functional groups attached to an aromatic ring is 1. The van der Waals surface area contributed by atoms with Gasteiger partial charge in [0.1, 0.15) is 12.1 Å². The van der Waals surface area contributed by atoms with Gasteiger partial charge in [-0.15, -0.1) is 0 Å². The molecule has 0 fully saturated rings. The maximum Gasteiger partial charge on any atom is 0.150 e. The Morgan fingerprint density at radius 2 is 2.00 bits per heavy atom. The zero-order chi connectivity index (χ0) is 11.1. The van der Waals surface area contributed by atoms with Crippen molar-refractivity contribution >= 4 is 33.9 Å². The summed E-state index contributed by atoms with van der Waals surface area (Å²) in [4.78, 5) is 18.0. The standard InChI is InChI=1S/C12H9N3O/c13-12-4-9-8-3-7(6-16)1-2-10(8)15-11(9)5-14-12/h1-6,15H,(H2,13,14). The molecule has 0 aliphatic rings. The minimum Gasteiger partial charge on any atom is -0.384 e. The number of aldehydes is 1. The van der Waals surface area contributed by atoms with Gasteiger partial charge >= 0.3 is 0 Å². The van der Waals surface area contributed by atoms with Crippen LogP contribution in [0.5, 0.6) is 0 Å². The van der Waals surface area contributed by atoms with Gasteiger partial charge in [-0.3, -0.25) is 4.79 Å². The van der Waals surface area contributed by atoms with E-state index in [4.69, 9.17) is 5.73 Å². The van der Waals surface area contributed by atoms with Crippen molar-refractivity contribution in [1.82, 2.24) is 9.97 Å². The fourth-order valence-corrected chi connectivity index (χ4v) is 1.91. The molecule has 0 saturated carbocycles. The lowest BCUT2D eigenvalue weighted by Gasteiger charge is -1.94. The van der Waals surface area contributed by atoms with E-state index >= 15 is 0 Å². The average Bonchev–Trinajstić information content (AvgIpc) is 2.66. The first-order chi connectivity index (χ1) is 7.78. The van der Waals surface area contributed by atoms with E-state index in [2.05, 4.69) is 9.97 Å². The topological polar surface area (TPSA) is 71.8 Å². The number of nitrogens with zero attached hydrogens (tertiary/aromatic N) is 1. The SMILES string of the molecule is Nc1cc2c(cn1)[nH]c1ccc(C=O)cc12.